The van der Waals surface area contributed by atoms with Gasteiger partial charge in [-0.05, 0) is 6.07 Å². The van der Waals surface area contributed by atoms with E-state index in [4.69, 9.17) is 0 Å². The molecule has 1 aromatic rings. The van der Waals surface area contributed by atoms with Crippen LogP contribution in [0.4, 0.5) is 79.0 Å². The molecule has 0 spiro atoms. The Kier molecular flexibility index (Phi) is 8.02. The first-order valence-electron chi connectivity index (χ1n) is 8.67. The van der Waals surface area contributed by atoms with E-state index in [2.05, 4.69) is 4.74 Å². The van der Waals surface area contributed by atoms with Crippen LogP contribution < -0.4 is 0 Å². The van der Waals surface area contributed by atoms with Gasteiger partial charge in [0.05, 0.1) is 6.10 Å². The Morgan fingerprint density at radius 2 is 0.944 bits per heavy atom. The van der Waals surface area contributed by atoms with E-state index in [1.807, 2.05) is 0 Å². The van der Waals surface area contributed by atoms with Crippen LogP contribution in [-0.4, -0.2) is 54.7 Å². The lowest BCUT2D eigenvalue weighted by atomic mass is 9.87. The fraction of sp³-hybridized carbons (Fsp3) is 0.647. The highest BCUT2D eigenvalue weighted by atomic mass is 19.4. The van der Waals surface area contributed by atoms with Crippen molar-refractivity contribution in [1.29, 1.82) is 0 Å². The minimum atomic E-state index is -8.70. The highest BCUT2D eigenvalue weighted by Gasteiger charge is 2.95. The molecule has 1 aromatic carbocycles. The maximum atomic E-state index is 14.1. The van der Waals surface area contributed by atoms with Gasteiger partial charge < -0.3 is 4.74 Å². The third-order valence-corrected chi connectivity index (χ3v) is 4.77. The summed E-state index contributed by atoms with van der Waals surface area (Å²) in [5, 5.41) is 0. The molecule has 1 nitrogen and oxygen atoms in total. The molecule has 0 aliphatic heterocycles. The maximum Gasteiger partial charge on any atom is 0.460 e. The molecule has 0 aliphatic rings. The van der Waals surface area contributed by atoms with Crippen LogP contribution in [0.5, 0.6) is 0 Å². The molecule has 0 heterocycles. The summed E-state index contributed by atoms with van der Waals surface area (Å²) in [6.07, 6.45) is -13.4. The summed E-state index contributed by atoms with van der Waals surface area (Å²) in [7, 11) is 0.381. The lowest BCUT2D eigenvalue weighted by Gasteiger charge is -2.43. The molecule has 0 bridgehead atoms. The van der Waals surface area contributed by atoms with Crippen molar-refractivity contribution in [2.75, 3.05) is 7.11 Å². The zero-order chi connectivity index (χ0) is 29.0. The molecular weight excluding hydrogens is 562 g/mol. The Bertz CT molecular complexity index is 918. The zero-order valence-electron chi connectivity index (χ0n) is 16.8. The summed E-state index contributed by atoms with van der Waals surface area (Å²) in [6.45, 7) is 0. The van der Waals surface area contributed by atoms with E-state index in [1.165, 1.54) is 0 Å². The van der Waals surface area contributed by atoms with Gasteiger partial charge >= 0.3 is 47.6 Å². The van der Waals surface area contributed by atoms with E-state index >= 15 is 0 Å². The summed E-state index contributed by atoms with van der Waals surface area (Å²) >= 11 is 0. The van der Waals surface area contributed by atoms with Gasteiger partial charge in [0.15, 0.2) is 0 Å². The molecule has 0 radical (unpaired) electrons. The van der Waals surface area contributed by atoms with Gasteiger partial charge in [0.25, 0.3) is 0 Å². The topological polar surface area (TPSA) is 9.23 Å². The molecule has 0 saturated carbocycles. The molecule has 0 aromatic heterocycles. The number of hydrogen-bond acceptors (Lipinski definition) is 1. The average molecular weight is 572 g/mol. The summed E-state index contributed by atoms with van der Waals surface area (Å²) in [4.78, 5) is 0. The fourth-order valence-electron chi connectivity index (χ4n) is 2.61. The normalized spacial score (nSPS) is 16.3. The Balaban J connectivity index is 3.60. The Morgan fingerprint density at radius 1 is 0.583 bits per heavy atom. The van der Waals surface area contributed by atoms with Crippen LogP contribution in [0.1, 0.15) is 18.1 Å². The summed E-state index contributed by atoms with van der Waals surface area (Å²) in [5.41, 5.74) is -1.09. The number of alkyl halides is 17. The van der Waals surface area contributed by atoms with Crippen molar-refractivity contribution in [3.8, 4) is 0 Å². The Hall–Kier alpha value is -2.08. The summed E-state index contributed by atoms with van der Waals surface area (Å²) in [5.74, 6) is -58.6. The van der Waals surface area contributed by atoms with Crippen LogP contribution in [0.25, 0.3) is 0 Å². The number of methoxy groups -OCH3 is 1. The van der Waals surface area contributed by atoms with Gasteiger partial charge in [0.1, 0.15) is 5.82 Å². The monoisotopic (exact) mass is 572 g/mol. The van der Waals surface area contributed by atoms with Crippen LogP contribution in [-0.2, 0) is 4.74 Å². The lowest BCUT2D eigenvalue weighted by Crippen LogP contribution is -2.74. The molecular formula is C17H10F18O. The molecule has 1 rings (SSSR count). The van der Waals surface area contributed by atoms with E-state index < -0.39 is 71.5 Å². The first kappa shape index (κ1) is 31.9. The highest BCUT2D eigenvalue weighted by Crippen LogP contribution is 2.64. The number of hydrogen-bond donors (Lipinski definition) is 0. The van der Waals surface area contributed by atoms with Crippen molar-refractivity contribution in [3.63, 3.8) is 0 Å². The smallest absolute Gasteiger partial charge is 0.376 e. The molecule has 0 N–H and O–H groups in total. The minimum Gasteiger partial charge on any atom is -0.376 e. The summed E-state index contributed by atoms with van der Waals surface area (Å²) < 4.78 is 244. The van der Waals surface area contributed by atoms with Crippen molar-refractivity contribution in [3.05, 3.63) is 35.6 Å². The first-order valence-corrected chi connectivity index (χ1v) is 8.67. The van der Waals surface area contributed by atoms with Crippen LogP contribution in [0.3, 0.4) is 0 Å². The second-order valence-electron chi connectivity index (χ2n) is 7.10. The standard InChI is InChI=1S/C17H10F18O/c1-36-9(7-4-2-3-5-8(7)18)6-10(19,20)11(21,22)12(23,24)13(25,26)14(27,28)15(29,30)16(31,32)17(33,34)35/h2-5,9H,6H2,1H3. The van der Waals surface area contributed by atoms with Gasteiger partial charge in [-0.15, -0.1) is 0 Å². The SMILES string of the molecule is COC(CC(F)(F)C(F)(F)C(F)(F)C(F)(F)C(F)(F)C(F)(F)C(F)(F)C(F)(F)F)c1ccccc1F. The Morgan fingerprint density at radius 3 is 1.31 bits per heavy atom. The van der Waals surface area contributed by atoms with Crippen molar-refractivity contribution >= 4 is 0 Å². The quantitative estimate of drug-likeness (QED) is 0.259. The molecule has 210 valence electrons. The molecule has 0 amide bonds. The van der Waals surface area contributed by atoms with Crippen molar-refractivity contribution in [2.24, 2.45) is 0 Å². The second kappa shape index (κ2) is 9.04. The molecule has 1 unspecified atom stereocenters. The van der Waals surface area contributed by atoms with Gasteiger partial charge in [-0.2, -0.15) is 74.6 Å². The number of halogens is 18. The predicted octanol–water partition coefficient (Wildman–Crippen LogP) is 7.91. The van der Waals surface area contributed by atoms with Gasteiger partial charge in [0.2, 0.25) is 0 Å². The zero-order valence-corrected chi connectivity index (χ0v) is 16.8. The lowest BCUT2D eigenvalue weighted by molar-refractivity contribution is -0.462. The Labute approximate surface area is 188 Å². The summed E-state index contributed by atoms with van der Waals surface area (Å²) in [6, 6.07) is 2.78. The predicted molar refractivity (Wildman–Crippen MR) is 81.5 cm³/mol. The second-order valence-corrected chi connectivity index (χ2v) is 7.10. The fourth-order valence-corrected chi connectivity index (χ4v) is 2.61. The van der Waals surface area contributed by atoms with Gasteiger partial charge in [-0.1, -0.05) is 18.2 Å². The van der Waals surface area contributed by atoms with E-state index in [9.17, 15) is 79.0 Å². The first-order chi connectivity index (χ1) is 15.7. The molecule has 36 heavy (non-hydrogen) atoms. The largest absolute Gasteiger partial charge is 0.460 e. The van der Waals surface area contributed by atoms with Crippen molar-refractivity contribution in [1.82, 2.24) is 0 Å². The third kappa shape index (κ3) is 4.44. The van der Waals surface area contributed by atoms with Gasteiger partial charge in [-0.3, -0.25) is 0 Å². The number of rotatable bonds is 10. The number of ether oxygens (including phenoxy) is 1. The molecule has 0 fully saturated rings. The van der Waals surface area contributed by atoms with Crippen LogP contribution >= 0.6 is 0 Å². The average Bonchev–Trinajstić information content (AvgIpc) is 2.70. The van der Waals surface area contributed by atoms with Gasteiger partial charge in [0, 0.05) is 19.1 Å². The van der Waals surface area contributed by atoms with Crippen LogP contribution in [0.2, 0.25) is 0 Å². The third-order valence-electron chi connectivity index (χ3n) is 4.77. The number of benzene rings is 1. The molecule has 19 heteroatoms. The molecule has 0 saturated heterocycles. The molecule has 0 aliphatic carbocycles. The van der Waals surface area contributed by atoms with E-state index in [0.29, 0.717) is 19.2 Å². The van der Waals surface area contributed by atoms with E-state index in [0.717, 1.165) is 12.1 Å². The van der Waals surface area contributed by atoms with Crippen molar-refractivity contribution in [2.45, 2.75) is 60.2 Å². The highest BCUT2D eigenvalue weighted by molar-refractivity contribution is 5.21. The van der Waals surface area contributed by atoms with Crippen LogP contribution in [0.15, 0.2) is 24.3 Å². The van der Waals surface area contributed by atoms with Crippen LogP contribution in [0, 0.1) is 5.82 Å². The van der Waals surface area contributed by atoms with Gasteiger partial charge in [-0.25, -0.2) is 4.39 Å². The van der Waals surface area contributed by atoms with E-state index in [-0.39, 0.29) is 0 Å². The molecule has 1 atom stereocenters. The maximum absolute atomic E-state index is 14.1. The van der Waals surface area contributed by atoms with E-state index in [1.54, 1.807) is 0 Å². The minimum absolute atomic E-state index is 0.381. The van der Waals surface area contributed by atoms with Crippen molar-refractivity contribution < 1.29 is 83.8 Å².